The Kier molecular flexibility index (Phi) is 5.27. The second-order valence-electron chi connectivity index (χ2n) is 6.52. The number of halogens is 4. The Morgan fingerprint density at radius 1 is 1.31 bits per heavy atom. The van der Waals surface area contributed by atoms with Crippen LogP contribution in [0.1, 0.15) is 52.5 Å². The van der Waals surface area contributed by atoms with Gasteiger partial charge in [-0.1, -0.05) is 29.3 Å². The lowest BCUT2D eigenvalue weighted by atomic mass is 10.1. The molecule has 0 atom stereocenters. The molecule has 1 aromatic carbocycles. The van der Waals surface area contributed by atoms with E-state index in [0.717, 1.165) is 18.4 Å². The summed E-state index contributed by atoms with van der Waals surface area (Å²) in [5.41, 5.74) is 1.05. The van der Waals surface area contributed by atoms with Gasteiger partial charge in [-0.05, 0) is 38.3 Å². The van der Waals surface area contributed by atoms with Crippen LogP contribution in [0, 0.1) is 6.92 Å². The molecule has 26 heavy (non-hydrogen) atoms. The molecule has 2 aromatic rings. The second kappa shape index (κ2) is 7.31. The van der Waals surface area contributed by atoms with E-state index < -0.39 is 11.9 Å². The van der Waals surface area contributed by atoms with Crippen LogP contribution < -0.4 is 5.32 Å². The van der Waals surface area contributed by atoms with Crippen molar-refractivity contribution in [2.24, 2.45) is 0 Å². The Morgan fingerprint density at radius 2 is 1.96 bits per heavy atom. The number of carbonyl (C=O) groups excluding carboxylic acids is 1. The lowest BCUT2D eigenvalue weighted by Gasteiger charge is -2.08. The largest absolute Gasteiger partial charge is 0.436 e. The molecular weight excluding hydrogens is 367 g/mol. The highest BCUT2D eigenvalue weighted by molar-refractivity contribution is 6.32. The lowest BCUT2D eigenvalue weighted by Crippen LogP contribution is -2.25. The topological polar surface area (TPSA) is 46.9 Å². The van der Waals surface area contributed by atoms with Crippen LogP contribution in [0.2, 0.25) is 5.02 Å². The van der Waals surface area contributed by atoms with Crippen LogP contribution in [-0.2, 0) is 12.7 Å². The maximum absolute atomic E-state index is 13.0. The van der Waals surface area contributed by atoms with Gasteiger partial charge in [-0.2, -0.15) is 18.3 Å². The Hall–Kier alpha value is -2.02. The predicted molar refractivity (Wildman–Crippen MR) is 92.3 cm³/mol. The summed E-state index contributed by atoms with van der Waals surface area (Å²) >= 11 is 5.93. The van der Waals surface area contributed by atoms with E-state index >= 15 is 0 Å². The van der Waals surface area contributed by atoms with E-state index in [1.165, 1.54) is 4.68 Å². The molecule has 4 nitrogen and oxygen atoms in total. The SMILES string of the molecule is Cc1ccc(C(=O)NCCCn2nc(C(F)(F)F)c(Cl)c2C2CC2)cc1. The number of aryl methyl sites for hydroxylation is 2. The fourth-order valence-corrected chi connectivity index (χ4v) is 3.19. The maximum atomic E-state index is 13.0. The number of hydrogen-bond donors (Lipinski definition) is 1. The van der Waals surface area contributed by atoms with Crippen LogP contribution in [0.5, 0.6) is 0 Å². The summed E-state index contributed by atoms with van der Waals surface area (Å²) in [4.78, 5) is 12.0. The number of carbonyl (C=O) groups is 1. The number of nitrogens with zero attached hydrogens (tertiary/aromatic N) is 2. The molecule has 0 aliphatic heterocycles. The third-order valence-electron chi connectivity index (χ3n) is 4.31. The highest BCUT2D eigenvalue weighted by Gasteiger charge is 2.41. The van der Waals surface area contributed by atoms with Gasteiger partial charge in [0.05, 0.1) is 10.7 Å². The Morgan fingerprint density at radius 3 is 2.54 bits per heavy atom. The van der Waals surface area contributed by atoms with E-state index in [-0.39, 0.29) is 23.4 Å². The zero-order chi connectivity index (χ0) is 18.9. The molecule has 1 aliphatic rings. The van der Waals surface area contributed by atoms with Gasteiger partial charge >= 0.3 is 6.18 Å². The number of alkyl halides is 3. The molecule has 0 spiro atoms. The highest BCUT2D eigenvalue weighted by Crippen LogP contribution is 2.46. The van der Waals surface area contributed by atoms with E-state index in [9.17, 15) is 18.0 Å². The fourth-order valence-electron chi connectivity index (χ4n) is 2.79. The van der Waals surface area contributed by atoms with Crippen LogP contribution in [0.15, 0.2) is 24.3 Å². The van der Waals surface area contributed by atoms with Gasteiger partial charge in [0.15, 0.2) is 5.69 Å². The average molecular weight is 386 g/mol. The minimum Gasteiger partial charge on any atom is -0.352 e. The Balaban J connectivity index is 1.59. The molecule has 0 radical (unpaired) electrons. The van der Waals surface area contributed by atoms with Crippen molar-refractivity contribution in [1.82, 2.24) is 15.1 Å². The fraction of sp³-hybridized carbons (Fsp3) is 0.444. The molecule has 1 N–H and O–H groups in total. The number of hydrogen-bond acceptors (Lipinski definition) is 2. The van der Waals surface area contributed by atoms with Gasteiger partial charge < -0.3 is 5.32 Å². The van der Waals surface area contributed by atoms with Crippen molar-refractivity contribution in [3.8, 4) is 0 Å². The molecule has 8 heteroatoms. The van der Waals surface area contributed by atoms with Crippen LogP contribution in [0.25, 0.3) is 0 Å². The Labute approximate surface area is 154 Å². The molecule has 1 aliphatic carbocycles. The van der Waals surface area contributed by atoms with Gasteiger partial charge in [-0.25, -0.2) is 0 Å². The maximum Gasteiger partial charge on any atom is 0.436 e. The molecular formula is C18H19ClF3N3O. The van der Waals surface area contributed by atoms with Crippen LogP contribution in [-0.4, -0.2) is 22.2 Å². The van der Waals surface area contributed by atoms with Crippen LogP contribution in [0.3, 0.4) is 0 Å². The van der Waals surface area contributed by atoms with Crippen molar-refractivity contribution in [3.63, 3.8) is 0 Å². The second-order valence-corrected chi connectivity index (χ2v) is 6.90. The van der Waals surface area contributed by atoms with E-state index in [2.05, 4.69) is 10.4 Å². The van der Waals surface area contributed by atoms with E-state index in [4.69, 9.17) is 11.6 Å². The number of amides is 1. The standard InChI is InChI=1S/C18H19ClF3N3O/c1-11-3-5-13(6-4-11)17(26)23-9-2-10-25-15(12-7-8-12)14(19)16(24-25)18(20,21)22/h3-6,12H,2,7-10H2,1H3,(H,23,26). The summed E-state index contributed by atoms with van der Waals surface area (Å²) in [5.74, 6) is -0.157. The zero-order valence-electron chi connectivity index (χ0n) is 14.2. The molecule has 140 valence electrons. The van der Waals surface area contributed by atoms with Crippen LogP contribution in [0.4, 0.5) is 13.2 Å². The highest BCUT2D eigenvalue weighted by atomic mass is 35.5. The van der Waals surface area contributed by atoms with E-state index in [0.29, 0.717) is 24.2 Å². The quantitative estimate of drug-likeness (QED) is 0.741. The van der Waals surface area contributed by atoms with Crippen molar-refractivity contribution in [3.05, 3.63) is 51.8 Å². The van der Waals surface area contributed by atoms with E-state index in [1.54, 1.807) is 12.1 Å². The summed E-state index contributed by atoms with van der Waals surface area (Å²) in [6.45, 7) is 2.55. The minimum atomic E-state index is -4.56. The van der Waals surface area contributed by atoms with Crippen molar-refractivity contribution in [1.29, 1.82) is 0 Å². The molecule has 1 fully saturated rings. The Bertz CT molecular complexity index is 795. The molecule has 0 unspecified atom stereocenters. The summed E-state index contributed by atoms with van der Waals surface area (Å²) in [6, 6.07) is 7.17. The normalized spacial score (nSPS) is 14.5. The number of benzene rings is 1. The molecule has 0 bridgehead atoms. The number of aromatic nitrogens is 2. The molecule has 3 rings (SSSR count). The van der Waals surface area contributed by atoms with Gasteiger partial charge in [-0.15, -0.1) is 0 Å². The summed E-state index contributed by atoms with van der Waals surface area (Å²) in [6.07, 6.45) is -2.45. The molecule has 1 heterocycles. The molecule has 1 saturated carbocycles. The number of nitrogens with one attached hydrogen (secondary N) is 1. The van der Waals surface area contributed by atoms with Gasteiger partial charge in [0.1, 0.15) is 0 Å². The van der Waals surface area contributed by atoms with Crippen LogP contribution >= 0.6 is 11.6 Å². The summed E-state index contributed by atoms with van der Waals surface area (Å²) < 4.78 is 40.4. The van der Waals surface area contributed by atoms with Gasteiger partial charge in [-0.3, -0.25) is 9.48 Å². The molecule has 1 amide bonds. The third-order valence-corrected chi connectivity index (χ3v) is 4.68. The van der Waals surface area contributed by atoms with Gasteiger partial charge in [0.25, 0.3) is 5.91 Å². The third kappa shape index (κ3) is 4.20. The van der Waals surface area contributed by atoms with Gasteiger partial charge in [0, 0.05) is 24.6 Å². The monoisotopic (exact) mass is 385 g/mol. The summed E-state index contributed by atoms with van der Waals surface area (Å²) in [7, 11) is 0. The zero-order valence-corrected chi connectivity index (χ0v) is 15.0. The van der Waals surface area contributed by atoms with Crippen molar-refractivity contribution in [2.45, 2.75) is 44.8 Å². The average Bonchev–Trinajstić information content (AvgIpc) is 3.34. The molecule has 1 aromatic heterocycles. The first-order valence-electron chi connectivity index (χ1n) is 8.45. The number of rotatable bonds is 6. The first kappa shape index (κ1) is 18.8. The van der Waals surface area contributed by atoms with Gasteiger partial charge in [0.2, 0.25) is 0 Å². The predicted octanol–water partition coefficient (Wildman–Crippen LogP) is 4.56. The first-order valence-corrected chi connectivity index (χ1v) is 8.83. The lowest BCUT2D eigenvalue weighted by molar-refractivity contribution is -0.141. The molecule has 0 saturated heterocycles. The minimum absolute atomic E-state index is 0.0493. The van der Waals surface area contributed by atoms with Crippen molar-refractivity contribution < 1.29 is 18.0 Å². The smallest absolute Gasteiger partial charge is 0.352 e. The van der Waals surface area contributed by atoms with E-state index in [1.807, 2.05) is 19.1 Å². The first-order chi connectivity index (χ1) is 12.3. The summed E-state index contributed by atoms with van der Waals surface area (Å²) in [5, 5.41) is 6.15. The van der Waals surface area contributed by atoms with Crippen molar-refractivity contribution in [2.75, 3.05) is 6.54 Å². The van der Waals surface area contributed by atoms with Crippen molar-refractivity contribution >= 4 is 17.5 Å².